The standard InChI is InChI=1S/C14H26N4O2/c1-5-13(14(19)20-4)16-12-10-15-18(11-12)9-8-17(6-2)7-3/h10-11,13,16H,5-9H2,1-4H3. The van der Waals surface area contributed by atoms with Crippen LogP contribution >= 0.6 is 0 Å². The first-order valence-electron chi connectivity index (χ1n) is 7.23. The van der Waals surface area contributed by atoms with Gasteiger partial charge in [-0.2, -0.15) is 5.10 Å². The predicted octanol–water partition coefficient (Wildman–Crippen LogP) is 1.59. The lowest BCUT2D eigenvalue weighted by atomic mass is 10.2. The number of anilines is 1. The van der Waals surface area contributed by atoms with Gasteiger partial charge in [-0.25, -0.2) is 4.79 Å². The molecule has 0 spiro atoms. The van der Waals surface area contributed by atoms with E-state index in [2.05, 4.69) is 29.2 Å². The topological polar surface area (TPSA) is 59.4 Å². The molecule has 1 heterocycles. The molecule has 1 rings (SSSR count). The molecule has 0 radical (unpaired) electrons. The summed E-state index contributed by atoms with van der Waals surface area (Å²) in [5, 5.41) is 7.45. The van der Waals surface area contributed by atoms with Gasteiger partial charge in [-0.3, -0.25) is 4.68 Å². The Morgan fingerprint density at radius 2 is 2.15 bits per heavy atom. The first kappa shape index (κ1) is 16.5. The van der Waals surface area contributed by atoms with Gasteiger partial charge in [0.05, 0.1) is 25.5 Å². The van der Waals surface area contributed by atoms with Gasteiger partial charge in [-0.1, -0.05) is 20.8 Å². The smallest absolute Gasteiger partial charge is 0.328 e. The molecule has 0 fully saturated rings. The van der Waals surface area contributed by atoms with Crippen LogP contribution in [0.4, 0.5) is 5.69 Å². The number of hydrogen-bond acceptors (Lipinski definition) is 5. The first-order valence-corrected chi connectivity index (χ1v) is 7.23. The number of rotatable bonds is 9. The van der Waals surface area contributed by atoms with Gasteiger partial charge in [0.25, 0.3) is 0 Å². The monoisotopic (exact) mass is 282 g/mol. The number of esters is 1. The Morgan fingerprint density at radius 1 is 1.45 bits per heavy atom. The molecule has 1 N–H and O–H groups in total. The van der Waals surface area contributed by atoms with E-state index in [4.69, 9.17) is 4.74 Å². The second-order valence-electron chi connectivity index (χ2n) is 4.65. The van der Waals surface area contributed by atoms with E-state index in [0.717, 1.165) is 31.9 Å². The molecule has 0 aromatic carbocycles. The Bertz CT molecular complexity index is 402. The van der Waals surface area contributed by atoms with Crippen molar-refractivity contribution in [2.45, 2.75) is 39.8 Å². The lowest BCUT2D eigenvalue weighted by Crippen LogP contribution is -2.29. The zero-order valence-corrected chi connectivity index (χ0v) is 12.9. The lowest BCUT2D eigenvalue weighted by Gasteiger charge is -2.17. The van der Waals surface area contributed by atoms with E-state index in [1.807, 2.05) is 17.8 Å². The van der Waals surface area contributed by atoms with Gasteiger partial charge in [0.2, 0.25) is 0 Å². The fraction of sp³-hybridized carbons (Fsp3) is 0.714. The lowest BCUT2D eigenvalue weighted by molar-refractivity contribution is -0.141. The zero-order valence-electron chi connectivity index (χ0n) is 12.9. The first-order chi connectivity index (χ1) is 9.64. The highest BCUT2D eigenvalue weighted by molar-refractivity contribution is 5.78. The van der Waals surface area contributed by atoms with E-state index in [1.54, 1.807) is 6.20 Å². The molecule has 0 saturated carbocycles. The van der Waals surface area contributed by atoms with Crippen molar-refractivity contribution in [3.63, 3.8) is 0 Å². The molecule has 1 unspecified atom stereocenters. The number of aromatic nitrogens is 2. The molecule has 114 valence electrons. The van der Waals surface area contributed by atoms with Gasteiger partial charge < -0.3 is 15.0 Å². The summed E-state index contributed by atoms with van der Waals surface area (Å²) in [6.45, 7) is 10.2. The van der Waals surface area contributed by atoms with Crippen LogP contribution in [-0.4, -0.2) is 53.4 Å². The summed E-state index contributed by atoms with van der Waals surface area (Å²) in [5.41, 5.74) is 0.849. The molecule has 6 nitrogen and oxygen atoms in total. The average molecular weight is 282 g/mol. The molecule has 1 aromatic heterocycles. The van der Waals surface area contributed by atoms with Crippen molar-refractivity contribution in [2.75, 3.05) is 32.1 Å². The van der Waals surface area contributed by atoms with Crippen molar-refractivity contribution in [3.05, 3.63) is 12.4 Å². The summed E-state index contributed by atoms with van der Waals surface area (Å²) in [5.74, 6) is -0.247. The number of methoxy groups -OCH3 is 1. The third kappa shape index (κ3) is 4.85. The number of nitrogens with zero attached hydrogens (tertiary/aromatic N) is 3. The summed E-state index contributed by atoms with van der Waals surface area (Å²) in [6, 6.07) is -0.319. The number of likely N-dealkylation sites (N-methyl/N-ethyl adjacent to an activating group) is 1. The number of nitrogens with one attached hydrogen (secondary N) is 1. The molecule has 0 aliphatic rings. The zero-order chi connectivity index (χ0) is 15.0. The molecule has 0 bridgehead atoms. The van der Waals surface area contributed by atoms with E-state index < -0.39 is 0 Å². The average Bonchev–Trinajstić information content (AvgIpc) is 2.92. The molecular weight excluding hydrogens is 256 g/mol. The van der Waals surface area contributed by atoms with Crippen molar-refractivity contribution >= 4 is 11.7 Å². The van der Waals surface area contributed by atoms with Gasteiger partial charge in [-0.05, 0) is 19.5 Å². The van der Waals surface area contributed by atoms with Crippen LogP contribution in [0, 0.1) is 0 Å². The van der Waals surface area contributed by atoms with Gasteiger partial charge in [0.15, 0.2) is 0 Å². The number of carbonyl (C=O) groups is 1. The van der Waals surface area contributed by atoms with Gasteiger partial charge in [0.1, 0.15) is 6.04 Å². The van der Waals surface area contributed by atoms with Gasteiger partial charge in [0, 0.05) is 12.7 Å². The molecule has 6 heteroatoms. The van der Waals surface area contributed by atoms with Crippen molar-refractivity contribution in [3.8, 4) is 0 Å². The number of ether oxygens (including phenoxy) is 1. The van der Waals surface area contributed by atoms with E-state index in [1.165, 1.54) is 7.11 Å². The minimum atomic E-state index is -0.319. The Kier molecular flexibility index (Phi) is 7.08. The molecule has 0 aliphatic carbocycles. The van der Waals surface area contributed by atoms with E-state index in [-0.39, 0.29) is 12.0 Å². The SMILES string of the molecule is CCC(Nc1cnn(CCN(CC)CC)c1)C(=O)OC. The van der Waals surface area contributed by atoms with Gasteiger partial charge in [-0.15, -0.1) is 0 Å². The summed E-state index contributed by atoms with van der Waals surface area (Å²) in [7, 11) is 1.40. The fourth-order valence-corrected chi connectivity index (χ4v) is 2.02. The van der Waals surface area contributed by atoms with Crippen molar-refractivity contribution in [1.29, 1.82) is 0 Å². The van der Waals surface area contributed by atoms with Gasteiger partial charge >= 0.3 is 5.97 Å². The van der Waals surface area contributed by atoms with Crippen molar-refractivity contribution in [2.24, 2.45) is 0 Å². The molecular formula is C14H26N4O2. The van der Waals surface area contributed by atoms with Crippen LogP contribution in [-0.2, 0) is 16.1 Å². The van der Waals surface area contributed by atoms with E-state index >= 15 is 0 Å². The minimum absolute atomic E-state index is 0.247. The summed E-state index contributed by atoms with van der Waals surface area (Å²) in [4.78, 5) is 13.9. The van der Waals surface area contributed by atoms with Crippen LogP contribution in [0.25, 0.3) is 0 Å². The molecule has 1 aromatic rings. The van der Waals surface area contributed by atoms with Crippen LogP contribution in [0.3, 0.4) is 0 Å². The van der Waals surface area contributed by atoms with Crippen LogP contribution in [0.15, 0.2) is 12.4 Å². The molecule has 20 heavy (non-hydrogen) atoms. The maximum absolute atomic E-state index is 11.5. The van der Waals surface area contributed by atoms with Crippen LogP contribution in [0.1, 0.15) is 27.2 Å². The molecule has 1 atom stereocenters. The number of hydrogen-bond donors (Lipinski definition) is 1. The highest BCUT2D eigenvalue weighted by Gasteiger charge is 2.17. The van der Waals surface area contributed by atoms with Crippen LogP contribution in [0.2, 0.25) is 0 Å². The Morgan fingerprint density at radius 3 is 2.70 bits per heavy atom. The van der Waals surface area contributed by atoms with Crippen LogP contribution in [0.5, 0.6) is 0 Å². The summed E-state index contributed by atoms with van der Waals surface area (Å²) >= 11 is 0. The van der Waals surface area contributed by atoms with E-state index in [9.17, 15) is 4.79 Å². The van der Waals surface area contributed by atoms with Crippen LogP contribution < -0.4 is 5.32 Å². The molecule has 0 saturated heterocycles. The Labute approximate surface area is 121 Å². The normalized spacial score (nSPS) is 12.4. The second-order valence-corrected chi connectivity index (χ2v) is 4.65. The molecule has 0 amide bonds. The highest BCUT2D eigenvalue weighted by Crippen LogP contribution is 2.09. The molecule has 0 aliphatic heterocycles. The third-order valence-electron chi connectivity index (χ3n) is 3.41. The van der Waals surface area contributed by atoms with Crippen molar-refractivity contribution in [1.82, 2.24) is 14.7 Å². The fourth-order valence-electron chi connectivity index (χ4n) is 2.02. The third-order valence-corrected chi connectivity index (χ3v) is 3.41. The quantitative estimate of drug-likeness (QED) is 0.697. The predicted molar refractivity (Wildman–Crippen MR) is 79.7 cm³/mol. The number of carbonyl (C=O) groups excluding carboxylic acids is 1. The Hall–Kier alpha value is -1.56. The van der Waals surface area contributed by atoms with Crippen molar-refractivity contribution < 1.29 is 9.53 Å². The van der Waals surface area contributed by atoms with E-state index in [0.29, 0.717) is 6.42 Å². The second kappa shape index (κ2) is 8.58. The highest BCUT2D eigenvalue weighted by atomic mass is 16.5. The Balaban J connectivity index is 2.52. The summed E-state index contributed by atoms with van der Waals surface area (Å²) < 4.78 is 6.65. The maximum atomic E-state index is 11.5. The largest absolute Gasteiger partial charge is 0.467 e. The maximum Gasteiger partial charge on any atom is 0.328 e. The minimum Gasteiger partial charge on any atom is -0.467 e. The summed E-state index contributed by atoms with van der Waals surface area (Å²) in [6.07, 6.45) is 4.35.